The van der Waals surface area contributed by atoms with E-state index < -0.39 is 36.3 Å². The first-order valence-corrected chi connectivity index (χ1v) is 12.4. The minimum absolute atomic E-state index is 0.0430. The molecule has 0 bridgehead atoms. The van der Waals surface area contributed by atoms with E-state index in [1.807, 2.05) is 0 Å². The van der Waals surface area contributed by atoms with Crippen molar-refractivity contribution in [2.75, 3.05) is 6.61 Å². The summed E-state index contributed by atoms with van der Waals surface area (Å²) in [4.78, 5) is 41.3. The lowest BCUT2D eigenvalue weighted by Gasteiger charge is -2.36. The average molecular weight is 484 g/mol. The quantitative estimate of drug-likeness (QED) is 0.493. The third-order valence-electron chi connectivity index (χ3n) is 6.26. The second kappa shape index (κ2) is 11.6. The molecule has 1 aromatic rings. The van der Waals surface area contributed by atoms with Crippen molar-refractivity contribution >= 4 is 17.9 Å². The minimum atomic E-state index is -1.26. The van der Waals surface area contributed by atoms with Crippen LogP contribution in [0.4, 0.5) is 4.79 Å². The molecule has 3 N–H and O–H groups in total. The molecule has 0 aliphatic heterocycles. The van der Waals surface area contributed by atoms with Crippen LogP contribution in [0.1, 0.15) is 82.9 Å². The summed E-state index contributed by atoms with van der Waals surface area (Å²) >= 11 is 0. The summed E-state index contributed by atoms with van der Waals surface area (Å²) in [7, 11) is 0. The van der Waals surface area contributed by atoms with Crippen molar-refractivity contribution in [3.63, 3.8) is 0 Å². The van der Waals surface area contributed by atoms with E-state index in [-0.39, 0.29) is 18.0 Å². The Morgan fingerprint density at radius 1 is 1.14 bits per heavy atom. The fraction of sp³-hybridized carbons (Fsp3) is 0.593. The predicted molar refractivity (Wildman–Crippen MR) is 132 cm³/mol. The Balaban J connectivity index is 1.93. The molecule has 2 aliphatic rings. The maximum absolute atomic E-state index is 13.7. The summed E-state index contributed by atoms with van der Waals surface area (Å²) in [5.41, 5.74) is 0.310. The number of benzene rings is 1. The molecule has 0 heterocycles. The molecule has 2 aliphatic carbocycles. The number of alkyl carbamates (subject to hydrolysis) is 1. The van der Waals surface area contributed by atoms with E-state index in [2.05, 4.69) is 16.6 Å². The Hall–Kier alpha value is -3.05. The fourth-order valence-electron chi connectivity index (χ4n) is 4.50. The van der Waals surface area contributed by atoms with Crippen molar-refractivity contribution in [3.8, 4) is 12.3 Å². The van der Waals surface area contributed by atoms with Gasteiger partial charge in [-0.1, -0.05) is 43.4 Å². The molecule has 35 heavy (non-hydrogen) atoms. The highest BCUT2D eigenvalue weighted by Gasteiger charge is 2.44. The number of nitrogens with one attached hydrogen (secondary N) is 2. The minimum Gasteiger partial charge on any atom is -0.444 e. The second-order valence-corrected chi connectivity index (χ2v) is 10.3. The number of ether oxygens (including phenoxy) is 1. The monoisotopic (exact) mass is 483 g/mol. The Labute approximate surface area is 207 Å². The van der Waals surface area contributed by atoms with E-state index in [9.17, 15) is 19.5 Å². The second-order valence-electron chi connectivity index (χ2n) is 10.3. The van der Waals surface area contributed by atoms with Crippen LogP contribution in [0.15, 0.2) is 24.3 Å². The van der Waals surface area contributed by atoms with E-state index in [1.165, 1.54) is 4.90 Å². The van der Waals surface area contributed by atoms with Gasteiger partial charge < -0.3 is 25.4 Å². The Bertz CT molecular complexity index is 954. The highest BCUT2D eigenvalue weighted by Crippen LogP contribution is 2.37. The summed E-state index contributed by atoms with van der Waals surface area (Å²) in [5.74, 6) is 1.79. The fourth-order valence-corrected chi connectivity index (χ4v) is 4.50. The van der Waals surface area contributed by atoms with E-state index in [1.54, 1.807) is 45.0 Å². The molecule has 0 saturated heterocycles. The molecule has 3 amide bonds. The molecule has 2 unspecified atom stereocenters. The zero-order chi connectivity index (χ0) is 25.6. The lowest BCUT2D eigenvalue weighted by Crippen LogP contribution is -2.55. The lowest BCUT2D eigenvalue weighted by atomic mass is 9.93. The number of hydrogen-bond acceptors (Lipinski definition) is 5. The summed E-state index contributed by atoms with van der Waals surface area (Å²) in [5, 5.41) is 15.6. The van der Waals surface area contributed by atoms with E-state index in [0.29, 0.717) is 11.1 Å². The maximum atomic E-state index is 13.7. The molecule has 2 atom stereocenters. The molecular formula is C27H37N3O5. The van der Waals surface area contributed by atoms with Crippen molar-refractivity contribution in [2.24, 2.45) is 0 Å². The molecular weight excluding hydrogens is 446 g/mol. The first kappa shape index (κ1) is 26.6. The molecule has 8 heteroatoms. The third kappa shape index (κ3) is 7.22. The summed E-state index contributed by atoms with van der Waals surface area (Å²) in [6, 6.07) is 4.71. The van der Waals surface area contributed by atoms with Crippen LogP contribution in [-0.4, -0.2) is 58.2 Å². The molecule has 8 nitrogen and oxygen atoms in total. The van der Waals surface area contributed by atoms with Gasteiger partial charge in [-0.3, -0.25) is 9.59 Å². The zero-order valence-corrected chi connectivity index (χ0v) is 20.9. The van der Waals surface area contributed by atoms with Crippen LogP contribution >= 0.6 is 0 Å². The van der Waals surface area contributed by atoms with Gasteiger partial charge in [-0.15, -0.1) is 6.42 Å². The normalized spacial score (nSPS) is 18.0. The van der Waals surface area contributed by atoms with E-state index in [0.717, 1.165) is 44.9 Å². The predicted octanol–water partition coefficient (Wildman–Crippen LogP) is 3.03. The summed E-state index contributed by atoms with van der Waals surface area (Å²) < 4.78 is 5.27. The van der Waals surface area contributed by atoms with Gasteiger partial charge in [0.2, 0.25) is 11.8 Å². The number of nitrogens with zero attached hydrogens (tertiary/aromatic N) is 1. The number of aliphatic hydroxyl groups is 1. The standard InChI is InChI=1S/C27H37N3O5/c1-5-18-11-9-10-14-21(18)23(24(32)28-19-12-7-6-8-13-19)30(20-15-16-20)25(33)22(17-31)29-26(34)35-27(2,3)4/h1,9-11,14,19-20,22-23,31H,6-8,12-13,15-17H2,2-4H3,(H,28,32)(H,29,34). The van der Waals surface area contributed by atoms with Crippen LogP contribution in [-0.2, 0) is 14.3 Å². The van der Waals surface area contributed by atoms with Gasteiger partial charge in [0.15, 0.2) is 0 Å². The van der Waals surface area contributed by atoms with Gasteiger partial charge in [0.25, 0.3) is 0 Å². The van der Waals surface area contributed by atoms with Crippen molar-refractivity contribution in [2.45, 2.75) is 95.5 Å². The third-order valence-corrected chi connectivity index (χ3v) is 6.26. The number of amides is 3. The molecule has 2 fully saturated rings. The lowest BCUT2D eigenvalue weighted by molar-refractivity contribution is -0.144. The van der Waals surface area contributed by atoms with Gasteiger partial charge in [-0.05, 0) is 58.1 Å². The first-order valence-electron chi connectivity index (χ1n) is 12.4. The van der Waals surface area contributed by atoms with Crippen LogP contribution in [0.25, 0.3) is 0 Å². The Kier molecular flexibility index (Phi) is 8.79. The van der Waals surface area contributed by atoms with Gasteiger partial charge in [0, 0.05) is 17.6 Å². The molecule has 2 saturated carbocycles. The topological polar surface area (TPSA) is 108 Å². The number of terminal acetylenes is 1. The van der Waals surface area contributed by atoms with Gasteiger partial charge in [-0.2, -0.15) is 0 Å². The number of carbonyl (C=O) groups is 3. The average Bonchev–Trinajstić information content (AvgIpc) is 3.65. The molecule has 0 aromatic heterocycles. The van der Waals surface area contributed by atoms with Gasteiger partial charge in [0.05, 0.1) is 6.61 Å². The zero-order valence-electron chi connectivity index (χ0n) is 20.9. The summed E-state index contributed by atoms with van der Waals surface area (Å²) in [6.07, 6.45) is 11.4. The number of hydrogen-bond donors (Lipinski definition) is 3. The van der Waals surface area contributed by atoms with Crippen LogP contribution < -0.4 is 10.6 Å². The largest absolute Gasteiger partial charge is 0.444 e. The van der Waals surface area contributed by atoms with Crippen LogP contribution in [0.5, 0.6) is 0 Å². The van der Waals surface area contributed by atoms with Gasteiger partial charge in [0.1, 0.15) is 17.7 Å². The number of aliphatic hydroxyl groups excluding tert-OH is 1. The Morgan fingerprint density at radius 3 is 2.37 bits per heavy atom. The van der Waals surface area contributed by atoms with Crippen LogP contribution in [0, 0.1) is 12.3 Å². The van der Waals surface area contributed by atoms with Crippen molar-refractivity contribution in [3.05, 3.63) is 35.4 Å². The van der Waals surface area contributed by atoms with Gasteiger partial charge >= 0.3 is 6.09 Å². The van der Waals surface area contributed by atoms with Crippen LogP contribution in [0.3, 0.4) is 0 Å². The molecule has 0 spiro atoms. The highest BCUT2D eigenvalue weighted by atomic mass is 16.6. The smallest absolute Gasteiger partial charge is 0.408 e. The number of carbonyl (C=O) groups excluding carboxylic acids is 3. The SMILES string of the molecule is C#Cc1ccccc1C(C(=O)NC1CCCCC1)N(C(=O)C(CO)NC(=O)OC(C)(C)C)C1CC1. The van der Waals surface area contributed by atoms with E-state index in [4.69, 9.17) is 11.2 Å². The van der Waals surface area contributed by atoms with Crippen molar-refractivity contribution in [1.82, 2.24) is 15.5 Å². The maximum Gasteiger partial charge on any atom is 0.408 e. The highest BCUT2D eigenvalue weighted by molar-refractivity contribution is 5.93. The molecule has 3 rings (SSSR count). The first-order chi connectivity index (χ1) is 16.6. The van der Waals surface area contributed by atoms with E-state index >= 15 is 0 Å². The van der Waals surface area contributed by atoms with Gasteiger partial charge in [-0.25, -0.2) is 4.79 Å². The van der Waals surface area contributed by atoms with Crippen molar-refractivity contribution in [1.29, 1.82) is 0 Å². The Morgan fingerprint density at radius 2 is 1.80 bits per heavy atom. The molecule has 0 radical (unpaired) electrons. The van der Waals surface area contributed by atoms with Crippen molar-refractivity contribution < 1.29 is 24.2 Å². The molecule has 1 aromatic carbocycles. The molecule has 190 valence electrons. The summed E-state index contributed by atoms with van der Waals surface area (Å²) in [6.45, 7) is 4.50. The number of rotatable bonds is 8. The van der Waals surface area contributed by atoms with Crippen LogP contribution in [0.2, 0.25) is 0 Å².